The van der Waals surface area contributed by atoms with E-state index in [1.54, 1.807) is 6.07 Å². The van der Waals surface area contributed by atoms with Crippen molar-refractivity contribution in [1.82, 2.24) is 4.98 Å². The summed E-state index contributed by atoms with van der Waals surface area (Å²) in [5.41, 5.74) is -0.0291. The molecule has 0 saturated heterocycles. The molecule has 19 heavy (non-hydrogen) atoms. The quantitative estimate of drug-likeness (QED) is 0.405. The molecule has 0 aromatic carbocycles. The van der Waals surface area contributed by atoms with Crippen molar-refractivity contribution >= 4 is 17.3 Å². The average molecular weight is 268 g/mol. The van der Waals surface area contributed by atoms with Crippen LogP contribution >= 0.6 is 0 Å². The molecule has 0 unspecified atom stereocenters. The maximum atomic E-state index is 10.9. The highest BCUT2D eigenvalue weighted by atomic mass is 16.6. The van der Waals surface area contributed by atoms with E-state index in [-0.39, 0.29) is 11.5 Å². The predicted molar refractivity (Wildman–Crippen MR) is 74.7 cm³/mol. The molecule has 0 spiro atoms. The lowest BCUT2D eigenvalue weighted by molar-refractivity contribution is -0.384. The molecule has 0 fully saturated rings. The first-order valence-corrected chi connectivity index (χ1v) is 6.40. The minimum Gasteiger partial charge on any atom is -0.380 e. The Hall–Kier alpha value is -1.89. The first kappa shape index (κ1) is 15.2. The van der Waals surface area contributed by atoms with E-state index in [1.165, 1.54) is 6.07 Å². The number of nitro groups is 1. The second-order valence-corrected chi connectivity index (χ2v) is 3.87. The minimum absolute atomic E-state index is 0.0291. The predicted octanol–water partition coefficient (Wildman–Crippen LogP) is 2.26. The summed E-state index contributed by atoms with van der Waals surface area (Å²) in [7, 11) is 0. The highest BCUT2D eigenvalue weighted by molar-refractivity contribution is 5.60. The van der Waals surface area contributed by atoms with E-state index >= 15 is 0 Å². The molecule has 0 atom stereocenters. The maximum Gasteiger partial charge on any atom is 0.311 e. The molecule has 0 bridgehead atoms. The van der Waals surface area contributed by atoms with Gasteiger partial charge in [0.25, 0.3) is 0 Å². The van der Waals surface area contributed by atoms with Gasteiger partial charge in [0.2, 0.25) is 5.82 Å². The van der Waals surface area contributed by atoms with Crippen molar-refractivity contribution in [3.8, 4) is 0 Å². The number of hydrogen-bond donors (Lipinski definition) is 2. The summed E-state index contributed by atoms with van der Waals surface area (Å²) >= 11 is 0. The third-order valence-corrected chi connectivity index (χ3v) is 2.37. The minimum atomic E-state index is -0.445. The van der Waals surface area contributed by atoms with Gasteiger partial charge in [0, 0.05) is 25.8 Å². The molecule has 7 heteroatoms. The fourth-order valence-corrected chi connectivity index (χ4v) is 1.47. The van der Waals surface area contributed by atoms with Crippen molar-refractivity contribution in [2.45, 2.75) is 20.3 Å². The van der Waals surface area contributed by atoms with Gasteiger partial charge in [-0.3, -0.25) is 10.1 Å². The summed E-state index contributed by atoms with van der Waals surface area (Å²) in [5, 5.41) is 16.9. The third-order valence-electron chi connectivity index (χ3n) is 2.37. The standard InChI is InChI=1S/C12H20N4O3/c1-3-7-13-11-6-5-10(16(17)18)12(15-11)14-8-9-19-4-2/h5-6H,3-4,7-9H2,1-2H3,(H2,13,14,15). The highest BCUT2D eigenvalue weighted by Crippen LogP contribution is 2.23. The van der Waals surface area contributed by atoms with E-state index in [9.17, 15) is 10.1 Å². The topological polar surface area (TPSA) is 89.3 Å². The van der Waals surface area contributed by atoms with E-state index in [4.69, 9.17) is 4.74 Å². The van der Waals surface area contributed by atoms with Crippen LogP contribution in [0.1, 0.15) is 20.3 Å². The van der Waals surface area contributed by atoms with Gasteiger partial charge in [0.05, 0.1) is 11.5 Å². The molecule has 7 nitrogen and oxygen atoms in total. The Morgan fingerprint density at radius 1 is 1.32 bits per heavy atom. The van der Waals surface area contributed by atoms with Crippen LogP contribution in [0.3, 0.4) is 0 Å². The molecule has 0 aliphatic heterocycles. The van der Waals surface area contributed by atoms with Gasteiger partial charge in [0.15, 0.2) is 0 Å². The number of rotatable bonds is 9. The van der Waals surface area contributed by atoms with E-state index in [2.05, 4.69) is 15.6 Å². The molecule has 1 aromatic rings. The molecular formula is C12H20N4O3. The smallest absolute Gasteiger partial charge is 0.311 e. The first-order chi connectivity index (χ1) is 9.19. The molecule has 0 amide bonds. The molecule has 0 aliphatic rings. The summed E-state index contributed by atoms with van der Waals surface area (Å²) in [6.07, 6.45) is 0.964. The zero-order chi connectivity index (χ0) is 14.1. The first-order valence-electron chi connectivity index (χ1n) is 6.40. The van der Waals surface area contributed by atoms with Crippen LogP contribution in [0.15, 0.2) is 12.1 Å². The van der Waals surface area contributed by atoms with Gasteiger partial charge in [-0.25, -0.2) is 4.98 Å². The summed E-state index contributed by atoms with van der Waals surface area (Å²) in [4.78, 5) is 14.7. The number of aromatic nitrogens is 1. The van der Waals surface area contributed by atoms with Crippen molar-refractivity contribution in [3.63, 3.8) is 0 Å². The SMILES string of the molecule is CCCNc1ccc([N+](=O)[O-])c(NCCOCC)n1. The van der Waals surface area contributed by atoms with Crippen LogP contribution in [0.4, 0.5) is 17.3 Å². The van der Waals surface area contributed by atoms with Gasteiger partial charge in [-0.15, -0.1) is 0 Å². The van der Waals surface area contributed by atoms with Crippen LogP contribution < -0.4 is 10.6 Å². The van der Waals surface area contributed by atoms with Gasteiger partial charge >= 0.3 is 5.69 Å². The lowest BCUT2D eigenvalue weighted by Gasteiger charge is -2.09. The number of ether oxygens (including phenoxy) is 1. The lowest BCUT2D eigenvalue weighted by Crippen LogP contribution is -2.12. The van der Waals surface area contributed by atoms with E-state index in [1.807, 2.05) is 13.8 Å². The van der Waals surface area contributed by atoms with E-state index < -0.39 is 4.92 Å². The van der Waals surface area contributed by atoms with Crippen molar-refractivity contribution < 1.29 is 9.66 Å². The monoisotopic (exact) mass is 268 g/mol. The summed E-state index contributed by atoms with van der Waals surface area (Å²) in [6.45, 7) is 6.31. The van der Waals surface area contributed by atoms with Crippen molar-refractivity contribution in [2.75, 3.05) is 36.9 Å². The highest BCUT2D eigenvalue weighted by Gasteiger charge is 2.15. The fraction of sp³-hybridized carbons (Fsp3) is 0.583. The van der Waals surface area contributed by atoms with Crippen LogP contribution in [0.2, 0.25) is 0 Å². The largest absolute Gasteiger partial charge is 0.380 e. The van der Waals surface area contributed by atoms with Gasteiger partial charge in [-0.1, -0.05) is 6.92 Å². The van der Waals surface area contributed by atoms with Gasteiger partial charge < -0.3 is 15.4 Å². The molecular weight excluding hydrogens is 248 g/mol. The van der Waals surface area contributed by atoms with Gasteiger partial charge in [-0.2, -0.15) is 0 Å². The Bertz CT molecular complexity index is 412. The molecule has 0 aliphatic carbocycles. The Morgan fingerprint density at radius 2 is 2.11 bits per heavy atom. The Labute approximate surface area is 112 Å². The summed E-state index contributed by atoms with van der Waals surface area (Å²) in [5.74, 6) is 0.900. The zero-order valence-electron chi connectivity index (χ0n) is 11.3. The van der Waals surface area contributed by atoms with E-state index in [0.717, 1.165) is 13.0 Å². The van der Waals surface area contributed by atoms with E-state index in [0.29, 0.717) is 25.6 Å². The number of anilines is 2. The van der Waals surface area contributed by atoms with Crippen LogP contribution in [0, 0.1) is 10.1 Å². The summed E-state index contributed by atoms with van der Waals surface area (Å²) < 4.78 is 5.17. The second-order valence-electron chi connectivity index (χ2n) is 3.87. The Kier molecular flexibility index (Phi) is 6.59. The van der Waals surface area contributed by atoms with Crippen molar-refractivity contribution in [1.29, 1.82) is 0 Å². The molecule has 1 aromatic heterocycles. The fourth-order valence-electron chi connectivity index (χ4n) is 1.47. The lowest BCUT2D eigenvalue weighted by atomic mass is 10.3. The normalized spacial score (nSPS) is 10.2. The number of nitrogens with zero attached hydrogens (tertiary/aromatic N) is 2. The van der Waals surface area contributed by atoms with Gasteiger partial charge in [0.1, 0.15) is 5.82 Å². The van der Waals surface area contributed by atoms with Crippen LogP contribution in [-0.4, -0.2) is 36.2 Å². The molecule has 1 heterocycles. The average Bonchev–Trinajstić information content (AvgIpc) is 2.41. The van der Waals surface area contributed by atoms with Crippen LogP contribution in [0.5, 0.6) is 0 Å². The molecule has 0 radical (unpaired) electrons. The Balaban J connectivity index is 2.74. The second kappa shape index (κ2) is 8.25. The Morgan fingerprint density at radius 3 is 2.74 bits per heavy atom. The van der Waals surface area contributed by atoms with Gasteiger partial charge in [-0.05, 0) is 19.4 Å². The van der Waals surface area contributed by atoms with Crippen molar-refractivity contribution in [3.05, 3.63) is 22.2 Å². The zero-order valence-corrected chi connectivity index (χ0v) is 11.3. The van der Waals surface area contributed by atoms with Crippen molar-refractivity contribution in [2.24, 2.45) is 0 Å². The number of pyridine rings is 1. The van der Waals surface area contributed by atoms with Crippen LogP contribution in [0.25, 0.3) is 0 Å². The molecule has 2 N–H and O–H groups in total. The third kappa shape index (κ3) is 5.09. The molecule has 1 rings (SSSR count). The summed E-state index contributed by atoms with van der Waals surface area (Å²) in [6, 6.07) is 3.07. The maximum absolute atomic E-state index is 10.9. The van der Waals surface area contributed by atoms with Crippen LogP contribution in [-0.2, 0) is 4.74 Å². The molecule has 106 valence electrons. The molecule has 0 saturated carbocycles. The number of nitrogens with one attached hydrogen (secondary N) is 2. The number of hydrogen-bond acceptors (Lipinski definition) is 6.